The molecule has 2 rings (SSSR count). The van der Waals surface area contributed by atoms with Crippen LogP contribution in [0.15, 0.2) is 0 Å². The molecule has 0 radical (unpaired) electrons. The van der Waals surface area contributed by atoms with Crippen molar-refractivity contribution in [3.63, 3.8) is 0 Å². The van der Waals surface area contributed by atoms with Gasteiger partial charge in [-0.25, -0.2) is 4.98 Å². The molecule has 1 aliphatic rings. The van der Waals surface area contributed by atoms with Crippen molar-refractivity contribution >= 4 is 16.5 Å². The highest BCUT2D eigenvalue weighted by Crippen LogP contribution is 2.34. The second-order valence-electron chi connectivity index (χ2n) is 6.39. The van der Waals surface area contributed by atoms with Crippen LogP contribution < -0.4 is 10.2 Å². The van der Waals surface area contributed by atoms with Gasteiger partial charge in [0.05, 0.1) is 5.69 Å². The molecule has 1 aromatic rings. The highest BCUT2D eigenvalue weighted by atomic mass is 32.1. The number of nitrogens with zero attached hydrogens (tertiary/aromatic N) is 2. The normalized spacial score (nSPS) is 27.1. The molecule has 114 valence electrons. The molecule has 1 aromatic heterocycles. The molecular weight excluding hydrogens is 266 g/mol. The molecule has 20 heavy (non-hydrogen) atoms. The number of nitrogens with one attached hydrogen (secondary N) is 1. The van der Waals surface area contributed by atoms with Gasteiger partial charge >= 0.3 is 0 Å². The van der Waals surface area contributed by atoms with E-state index in [1.165, 1.54) is 28.5 Å². The van der Waals surface area contributed by atoms with Crippen molar-refractivity contribution in [2.24, 2.45) is 11.8 Å². The lowest BCUT2D eigenvalue weighted by Gasteiger charge is -2.41. The van der Waals surface area contributed by atoms with Gasteiger partial charge in [0.15, 0.2) is 5.13 Å². The quantitative estimate of drug-likeness (QED) is 0.837. The van der Waals surface area contributed by atoms with Gasteiger partial charge in [-0.15, -0.1) is 11.3 Å². The molecule has 0 amide bonds. The minimum absolute atomic E-state index is 0.605. The van der Waals surface area contributed by atoms with Gasteiger partial charge < -0.3 is 10.2 Å². The van der Waals surface area contributed by atoms with Crippen LogP contribution >= 0.6 is 11.3 Å². The summed E-state index contributed by atoms with van der Waals surface area (Å²) in [5, 5.41) is 4.71. The van der Waals surface area contributed by atoms with Crippen molar-refractivity contribution in [3.05, 3.63) is 10.6 Å². The standard InChI is InChI=1S/C16H29N3S/c1-6-7-17-9-15-13(4)18-16(20-15)19-10-11(2)8-12(3)14(19)5/h11-12,14,17H,6-10H2,1-5H3. The zero-order chi connectivity index (χ0) is 14.7. The Labute approximate surface area is 127 Å². The molecule has 0 aromatic carbocycles. The summed E-state index contributed by atoms with van der Waals surface area (Å²) in [7, 11) is 0. The Hall–Kier alpha value is -0.610. The topological polar surface area (TPSA) is 28.2 Å². The number of hydrogen-bond acceptors (Lipinski definition) is 4. The molecule has 3 unspecified atom stereocenters. The number of anilines is 1. The van der Waals surface area contributed by atoms with Crippen LogP contribution in [0, 0.1) is 18.8 Å². The predicted molar refractivity (Wildman–Crippen MR) is 88.6 cm³/mol. The average Bonchev–Trinajstić information content (AvgIpc) is 2.76. The highest BCUT2D eigenvalue weighted by molar-refractivity contribution is 7.15. The molecule has 4 heteroatoms. The minimum atomic E-state index is 0.605. The van der Waals surface area contributed by atoms with Crippen LogP contribution in [0.1, 0.15) is 51.1 Å². The van der Waals surface area contributed by atoms with E-state index in [1.54, 1.807) is 0 Å². The van der Waals surface area contributed by atoms with Crippen molar-refractivity contribution in [3.8, 4) is 0 Å². The van der Waals surface area contributed by atoms with Gasteiger partial charge in [0.2, 0.25) is 0 Å². The fraction of sp³-hybridized carbons (Fsp3) is 0.812. The smallest absolute Gasteiger partial charge is 0.186 e. The van der Waals surface area contributed by atoms with Crippen LogP contribution in [0.3, 0.4) is 0 Å². The lowest BCUT2D eigenvalue weighted by atomic mass is 9.86. The molecule has 0 bridgehead atoms. The molecule has 1 N–H and O–H groups in total. The molecule has 0 spiro atoms. The van der Waals surface area contributed by atoms with Crippen molar-refractivity contribution < 1.29 is 0 Å². The van der Waals surface area contributed by atoms with E-state index in [0.717, 1.165) is 31.5 Å². The summed E-state index contributed by atoms with van der Waals surface area (Å²) in [5.74, 6) is 1.52. The largest absolute Gasteiger partial charge is 0.345 e. The zero-order valence-corrected chi connectivity index (χ0v) is 14.4. The fourth-order valence-corrected chi connectivity index (χ4v) is 4.17. The first-order valence-corrected chi connectivity index (χ1v) is 8.78. The van der Waals surface area contributed by atoms with Crippen molar-refractivity contribution in [1.29, 1.82) is 0 Å². The van der Waals surface area contributed by atoms with E-state index in [0.29, 0.717) is 6.04 Å². The van der Waals surface area contributed by atoms with Crippen molar-refractivity contribution in [1.82, 2.24) is 10.3 Å². The molecule has 1 saturated heterocycles. The van der Waals surface area contributed by atoms with Crippen LogP contribution in [0.5, 0.6) is 0 Å². The number of rotatable bonds is 5. The maximum Gasteiger partial charge on any atom is 0.186 e. The van der Waals surface area contributed by atoms with Crippen molar-refractivity contribution in [2.45, 2.75) is 60.0 Å². The van der Waals surface area contributed by atoms with Gasteiger partial charge in [0.1, 0.15) is 0 Å². The van der Waals surface area contributed by atoms with E-state index in [1.807, 2.05) is 11.3 Å². The second-order valence-corrected chi connectivity index (χ2v) is 7.45. The Morgan fingerprint density at radius 2 is 2.10 bits per heavy atom. The Morgan fingerprint density at radius 1 is 1.35 bits per heavy atom. The number of thiazole rings is 1. The Bertz CT molecular complexity index is 429. The zero-order valence-electron chi connectivity index (χ0n) is 13.6. The maximum atomic E-state index is 4.84. The summed E-state index contributed by atoms with van der Waals surface area (Å²) in [5.41, 5.74) is 1.20. The van der Waals surface area contributed by atoms with E-state index in [-0.39, 0.29) is 0 Å². The summed E-state index contributed by atoms with van der Waals surface area (Å²) in [6.07, 6.45) is 2.52. The lowest BCUT2D eigenvalue weighted by Crippen LogP contribution is -2.45. The molecule has 1 aliphatic heterocycles. The summed E-state index contributed by atoms with van der Waals surface area (Å²) in [6, 6.07) is 0.605. The molecule has 0 aliphatic carbocycles. The second kappa shape index (κ2) is 6.90. The Morgan fingerprint density at radius 3 is 2.80 bits per heavy atom. The predicted octanol–water partition coefficient (Wildman–Crippen LogP) is 3.82. The number of hydrogen-bond donors (Lipinski definition) is 1. The molecule has 3 atom stereocenters. The Kier molecular flexibility index (Phi) is 5.44. The van der Waals surface area contributed by atoms with Gasteiger partial charge in [0.25, 0.3) is 0 Å². The average molecular weight is 295 g/mol. The van der Waals surface area contributed by atoms with E-state index in [4.69, 9.17) is 4.98 Å². The van der Waals surface area contributed by atoms with Crippen LogP contribution in [-0.4, -0.2) is 24.1 Å². The third-order valence-electron chi connectivity index (χ3n) is 4.44. The fourth-order valence-electron chi connectivity index (χ4n) is 3.05. The van der Waals surface area contributed by atoms with E-state index in [9.17, 15) is 0 Å². The SMILES string of the molecule is CCCNCc1sc(N2CC(C)CC(C)C2C)nc1C. The van der Waals surface area contributed by atoms with Gasteiger partial charge in [-0.2, -0.15) is 0 Å². The molecule has 2 heterocycles. The monoisotopic (exact) mass is 295 g/mol. The summed E-state index contributed by atoms with van der Waals surface area (Å²) < 4.78 is 0. The van der Waals surface area contributed by atoms with Gasteiger partial charge in [0, 0.05) is 24.0 Å². The molecule has 0 saturated carbocycles. The number of aryl methyl sites for hydroxylation is 1. The van der Waals surface area contributed by atoms with Crippen LogP contribution in [0.25, 0.3) is 0 Å². The van der Waals surface area contributed by atoms with Gasteiger partial charge in [-0.3, -0.25) is 0 Å². The third-order valence-corrected chi connectivity index (χ3v) is 5.63. The van der Waals surface area contributed by atoms with Crippen LogP contribution in [0.2, 0.25) is 0 Å². The van der Waals surface area contributed by atoms with Gasteiger partial charge in [-0.1, -0.05) is 20.8 Å². The van der Waals surface area contributed by atoms with Crippen LogP contribution in [-0.2, 0) is 6.54 Å². The number of piperidine rings is 1. The van der Waals surface area contributed by atoms with E-state index >= 15 is 0 Å². The molecule has 1 fully saturated rings. The maximum absolute atomic E-state index is 4.84. The first-order chi connectivity index (χ1) is 9.52. The Balaban J connectivity index is 2.09. The van der Waals surface area contributed by atoms with Crippen LogP contribution in [0.4, 0.5) is 5.13 Å². The summed E-state index contributed by atoms with van der Waals surface area (Å²) in [4.78, 5) is 8.76. The first-order valence-electron chi connectivity index (χ1n) is 7.96. The molecular formula is C16H29N3S. The van der Waals surface area contributed by atoms with Gasteiger partial charge in [-0.05, 0) is 45.1 Å². The molecule has 3 nitrogen and oxygen atoms in total. The summed E-state index contributed by atoms with van der Waals surface area (Å²) in [6.45, 7) is 14.6. The summed E-state index contributed by atoms with van der Waals surface area (Å²) >= 11 is 1.88. The van der Waals surface area contributed by atoms with E-state index in [2.05, 4.69) is 44.8 Å². The first kappa shape index (κ1) is 15.8. The third kappa shape index (κ3) is 3.53. The van der Waals surface area contributed by atoms with E-state index < -0.39 is 0 Å². The van der Waals surface area contributed by atoms with Crippen molar-refractivity contribution in [2.75, 3.05) is 18.0 Å². The minimum Gasteiger partial charge on any atom is -0.345 e. The number of aromatic nitrogens is 1. The highest BCUT2D eigenvalue weighted by Gasteiger charge is 2.30. The lowest BCUT2D eigenvalue weighted by molar-refractivity contribution is 0.297.